The highest BCUT2D eigenvalue weighted by molar-refractivity contribution is 5.97. The first kappa shape index (κ1) is 17.8. The maximum Gasteiger partial charge on any atom is 0.256 e. The maximum absolute atomic E-state index is 13.4. The number of aromatic nitrogens is 4. The fourth-order valence-electron chi connectivity index (χ4n) is 4.08. The van der Waals surface area contributed by atoms with Crippen molar-refractivity contribution < 1.29 is 4.79 Å². The van der Waals surface area contributed by atoms with Crippen molar-refractivity contribution in [1.29, 1.82) is 0 Å². The van der Waals surface area contributed by atoms with Crippen LogP contribution in [-0.4, -0.2) is 36.7 Å². The summed E-state index contributed by atoms with van der Waals surface area (Å²) in [5.74, 6) is 0.0646. The van der Waals surface area contributed by atoms with Crippen molar-refractivity contribution in [3.63, 3.8) is 0 Å². The van der Waals surface area contributed by atoms with Crippen LogP contribution in [0.1, 0.15) is 67.7 Å². The van der Waals surface area contributed by atoms with Gasteiger partial charge < -0.3 is 9.47 Å². The van der Waals surface area contributed by atoms with Crippen molar-refractivity contribution in [3.05, 3.63) is 48.0 Å². The monoisotopic (exact) mass is 365 g/mol. The first-order valence-corrected chi connectivity index (χ1v) is 9.81. The summed E-state index contributed by atoms with van der Waals surface area (Å²) in [5.41, 5.74) is 2.68. The van der Waals surface area contributed by atoms with E-state index in [0.717, 1.165) is 36.8 Å². The fraction of sp³-hybridized carbons (Fsp3) is 0.476. The van der Waals surface area contributed by atoms with Gasteiger partial charge >= 0.3 is 0 Å². The molecule has 1 unspecified atom stereocenters. The Labute approximate surface area is 159 Å². The molecule has 0 radical (unpaired) electrons. The molecule has 1 aliphatic heterocycles. The smallest absolute Gasteiger partial charge is 0.256 e. The van der Waals surface area contributed by atoms with E-state index in [-0.39, 0.29) is 18.0 Å². The quantitative estimate of drug-likeness (QED) is 0.702. The number of likely N-dealkylation sites (tertiary alicyclic amines) is 1. The predicted octanol–water partition coefficient (Wildman–Crippen LogP) is 4.11. The fourth-order valence-corrected chi connectivity index (χ4v) is 4.08. The molecule has 27 heavy (non-hydrogen) atoms. The van der Waals surface area contributed by atoms with Gasteiger partial charge in [-0.1, -0.05) is 12.8 Å². The normalized spacial score (nSPS) is 18.2. The lowest BCUT2D eigenvalue weighted by atomic mass is 10.1. The van der Waals surface area contributed by atoms with Gasteiger partial charge in [0.15, 0.2) is 5.65 Å². The molecule has 4 rings (SSSR count). The number of carbonyl (C=O) groups is 1. The largest absolute Gasteiger partial charge is 0.353 e. The molecule has 0 spiro atoms. The summed E-state index contributed by atoms with van der Waals surface area (Å²) < 4.78 is 4.02. The maximum atomic E-state index is 13.4. The Morgan fingerprint density at radius 1 is 1.22 bits per heavy atom. The molecular formula is C21H27N5O. The number of hydrogen-bond acceptors (Lipinski definition) is 3. The Balaban J connectivity index is 1.69. The number of fused-ring (bicyclic) bond motifs is 1. The number of rotatable bonds is 3. The first-order valence-electron chi connectivity index (χ1n) is 9.81. The molecule has 1 aliphatic rings. The number of pyridine rings is 1. The Morgan fingerprint density at radius 3 is 2.81 bits per heavy atom. The molecule has 0 saturated carbocycles. The number of aryl methyl sites for hydroxylation is 1. The SMILES string of the molecule is CC(C)n1ncc2cc(C(=O)N3CCCCCC3c3cccn3C)cnc21. The molecule has 0 aromatic carbocycles. The minimum absolute atomic E-state index is 0.0646. The second kappa shape index (κ2) is 7.18. The van der Waals surface area contributed by atoms with Gasteiger partial charge in [-0.2, -0.15) is 5.10 Å². The molecule has 4 heterocycles. The molecule has 0 bridgehead atoms. The van der Waals surface area contributed by atoms with Crippen LogP contribution in [0.4, 0.5) is 0 Å². The Kier molecular flexibility index (Phi) is 4.72. The zero-order chi connectivity index (χ0) is 19.0. The summed E-state index contributed by atoms with van der Waals surface area (Å²) in [6, 6.07) is 6.47. The van der Waals surface area contributed by atoms with E-state index in [1.807, 2.05) is 15.6 Å². The van der Waals surface area contributed by atoms with Crippen LogP contribution in [0.25, 0.3) is 11.0 Å². The lowest BCUT2D eigenvalue weighted by Crippen LogP contribution is -2.35. The number of carbonyl (C=O) groups excluding carboxylic acids is 1. The van der Waals surface area contributed by atoms with Crippen LogP contribution < -0.4 is 0 Å². The Bertz CT molecular complexity index is 955. The molecular weight excluding hydrogens is 338 g/mol. The van der Waals surface area contributed by atoms with E-state index in [2.05, 4.69) is 53.9 Å². The highest BCUT2D eigenvalue weighted by Gasteiger charge is 2.29. The summed E-state index contributed by atoms with van der Waals surface area (Å²) in [6.07, 6.45) is 9.94. The van der Waals surface area contributed by atoms with Crippen LogP contribution in [0.15, 0.2) is 36.8 Å². The topological polar surface area (TPSA) is 56.0 Å². The van der Waals surface area contributed by atoms with Gasteiger partial charge in [-0.25, -0.2) is 9.67 Å². The van der Waals surface area contributed by atoms with Crippen molar-refractivity contribution in [2.75, 3.05) is 6.54 Å². The van der Waals surface area contributed by atoms with Crippen molar-refractivity contribution >= 4 is 16.9 Å². The summed E-state index contributed by atoms with van der Waals surface area (Å²) in [7, 11) is 2.05. The average molecular weight is 365 g/mol. The van der Waals surface area contributed by atoms with E-state index >= 15 is 0 Å². The third kappa shape index (κ3) is 3.24. The molecule has 0 N–H and O–H groups in total. The molecule has 0 aliphatic carbocycles. The molecule has 142 valence electrons. The van der Waals surface area contributed by atoms with Crippen LogP contribution >= 0.6 is 0 Å². The second-order valence-corrected chi connectivity index (χ2v) is 7.73. The molecule has 6 heteroatoms. The van der Waals surface area contributed by atoms with Gasteiger partial charge in [-0.05, 0) is 44.9 Å². The van der Waals surface area contributed by atoms with Crippen LogP contribution in [0.3, 0.4) is 0 Å². The van der Waals surface area contributed by atoms with Crippen LogP contribution in [0.5, 0.6) is 0 Å². The van der Waals surface area contributed by atoms with Crippen LogP contribution in [0, 0.1) is 0 Å². The van der Waals surface area contributed by atoms with E-state index < -0.39 is 0 Å². The standard InChI is InChI=1S/C21H27N5O/c1-15(2)26-20-16(14-23-26)12-17(13-22-20)21(27)25-11-6-4-5-8-19(25)18-9-7-10-24(18)3/h7,9-10,12-15,19H,4-6,8,11H2,1-3H3. The summed E-state index contributed by atoms with van der Waals surface area (Å²) in [4.78, 5) is 20.0. The van der Waals surface area contributed by atoms with Gasteiger partial charge in [0.05, 0.1) is 17.8 Å². The van der Waals surface area contributed by atoms with Gasteiger partial charge in [0.25, 0.3) is 5.91 Å². The summed E-state index contributed by atoms with van der Waals surface area (Å²) >= 11 is 0. The Morgan fingerprint density at radius 2 is 2.07 bits per heavy atom. The molecule has 1 amide bonds. The zero-order valence-corrected chi connectivity index (χ0v) is 16.3. The van der Waals surface area contributed by atoms with E-state index in [1.54, 1.807) is 12.4 Å². The van der Waals surface area contributed by atoms with Crippen LogP contribution in [0.2, 0.25) is 0 Å². The third-order valence-corrected chi connectivity index (χ3v) is 5.51. The van der Waals surface area contributed by atoms with E-state index in [0.29, 0.717) is 5.56 Å². The lowest BCUT2D eigenvalue weighted by molar-refractivity contribution is 0.0674. The van der Waals surface area contributed by atoms with E-state index in [4.69, 9.17) is 0 Å². The van der Waals surface area contributed by atoms with E-state index in [1.165, 1.54) is 12.1 Å². The molecule has 1 fully saturated rings. The highest BCUT2D eigenvalue weighted by atomic mass is 16.2. The average Bonchev–Trinajstić information content (AvgIpc) is 3.19. The van der Waals surface area contributed by atoms with Crippen molar-refractivity contribution in [2.24, 2.45) is 7.05 Å². The van der Waals surface area contributed by atoms with Crippen molar-refractivity contribution in [2.45, 2.75) is 51.6 Å². The molecule has 3 aromatic rings. The van der Waals surface area contributed by atoms with Gasteiger partial charge in [0.1, 0.15) is 0 Å². The predicted molar refractivity (Wildman–Crippen MR) is 106 cm³/mol. The van der Waals surface area contributed by atoms with Gasteiger partial charge in [0, 0.05) is 43.1 Å². The van der Waals surface area contributed by atoms with Gasteiger partial charge in [-0.15, -0.1) is 0 Å². The summed E-state index contributed by atoms with van der Waals surface area (Å²) in [6.45, 7) is 4.95. The number of nitrogens with zero attached hydrogens (tertiary/aromatic N) is 5. The molecule has 3 aromatic heterocycles. The van der Waals surface area contributed by atoms with Crippen LogP contribution in [-0.2, 0) is 7.05 Å². The minimum Gasteiger partial charge on any atom is -0.353 e. The molecule has 1 atom stereocenters. The molecule has 6 nitrogen and oxygen atoms in total. The number of hydrogen-bond donors (Lipinski definition) is 0. The zero-order valence-electron chi connectivity index (χ0n) is 16.3. The minimum atomic E-state index is 0.0646. The second-order valence-electron chi connectivity index (χ2n) is 7.73. The van der Waals surface area contributed by atoms with Crippen molar-refractivity contribution in [1.82, 2.24) is 24.2 Å². The Hall–Kier alpha value is -2.63. The third-order valence-electron chi connectivity index (χ3n) is 5.51. The summed E-state index contributed by atoms with van der Waals surface area (Å²) in [5, 5.41) is 5.33. The highest BCUT2D eigenvalue weighted by Crippen LogP contribution is 2.31. The first-order chi connectivity index (χ1) is 13.1. The number of amides is 1. The lowest BCUT2D eigenvalue weighted by Gasteiger charge is -2.30. The van der Waals surface area contributed by atoms with Gasteiger partial charge in [0.2, 0.25) is 0 Å². The van der Waals surface area contributed by atoms with Crippen molar-refractivity contribution in [3.8, 4) is 0 Å². The van der Waals surface area contributed by atoms with E-state index in [9.17, 15) is 4.79 Å². The van der Waals surface area contributed by atoms with Gasteiger partial charge in [-0.3, -0.25) is 4.79 Å². The molecule has 1 saturated heterocycles.